The number of carbonyl (C=O) groups excluding carboxylic acids is 1. The number of aryl methyl sites for hydroxylation is 1. The van der Waals surface area contributed by atoms with Gasteiger partial charge in [0.1, 0.15) is 16.5 Å². The van der Waals surface area contributed by atoms with E-state index in [9.17, 15) is 9.59 Å². The molecule has 7 nitrogen and oxygen atoms in total. The normalized spacial score (nSPS) is 10.8. The lowest BCUT2D eigenvalue weighted by atomic mass is 10.1. The van der Waals surface area contributed by atoms with Gasteiger partial charge in [0.15, 0.2) is 0 Å². The number of hydrogen-bond acceptors (Lipinski definition) is 7. The molecular formula is C24H24N4O3S2. The Balaban J connectivity index is 1.38. The number of nitrogens with one attached hydrogen (secondary N) is 1. The average Bonchev–Trinajstić information content (AvgIpc) is 3.47. The fraction of sp³-hybridized carbons (Fsp3) is 0.250. The zero-order valence-electron chi connectivity index (χ0n) is 18.4. The lowest BCUT2D eigenvalue weighted by Gasteiger charge is -2.09. The van der Waals surface area contributed by atoms with Crippen molar-refractivity contribution < 1.29 is 9.53 Å². The molecule has 1 N–H and O–H groups in total. The van der Waals surface area contributed by atoms with Crippen molar-refractivity contribution in [2.24, 2.45) is 0 Å². The largest absolute Gasteiger partial charge is 0.494 e. The van der Waals surface area contributed by atoms with Crippen LogP contribution in [0.1, 0.15) is 18.2 Å². The number of hydrogen-bond donors (Lipinski definition) is 1. The van der Waals surface area contributed by atoms with Gasteiger partial charge >= 0.3 is 0 Å². The smallest absolute Gasteiger partial charge is 0.266 e. The van der Waals surface area contributed by atoms with Crippen LogP contribution in [-0.2, 0) is 17.8 Å². The van der Waals surface area contributed by atoms with E-state index < -0.39 is 0 Å². The maximum Gasteiger partial charge on any atom is 0.266 e. The van der Waals surface area contributed by atoms with E-state index in [0.717, 1.165) is 31.8 Å². The van der Waals surface area contributed by atoms with Crippen LogP contribution in [0.2, 0.25) is 0 Å². The number of aromatic nitrogens is 3. The molecule has 0 saturated carbocycles. The first-order valence-electron chi connectivity index (χ1n) is 10.6. The van der Waals surface area contributed by atoms with Gasteiger partial charge in [-0.3, -0.25) is 9.59 Å². The fourth-order valence-corrected chi connectivity index (χ4v) is 5.12. The van der Waals surface area contributed by atoms with Crippen LogP contribution in [0, 0.1) is 6.92 Å². The average molecular weight is 481 g/mol. The van der Waals surface area contributed by atoms with E-state index in [0.29, 0.717) is 18.8 Å². The second-order valence-corrected chi connectivity index (χ2v) is 9.24. The number of thiazole rings is 1. The van der Waals surface area contributed by atoms with E-state index in [-0.39, 0.29) is 24.4 Å². The lowest BCUT2D eigenvalue weighted by Crippen LogP contribution is -2.32. The first kappa shape index (κ1) is 22.9. The summed E-state index contributed by atoms with van der Waals surface area (Å²) in [5, 5.41) is 10.3. The minimum absolute atomic E-state index is 0.109. The Labute approximate surface area is 199 Å². The molecule has 0 unspecified atom stereocenters. The molecule has 1 aromatic carbocycles. The molecule has 0 fully saturated rings. The van der Waals surface area contributed by atoms with Crippen molar-refractivity contribution in [3.63, 3.8) is 0 Å². The third-order valence-electron chi connectivity index (χ3n) is 4.87. The molecule has 4 aromatic rings. The third-order valence-corrected chi connectivity index (χ3v) is 7.09. The number of nitrogens with zero attached hydrogens (tertiary/aromatic N) is 3. The van der Waals surface area contributed by atoms with E-state index >= 15 is 0 Å². The predicted octanol–water partition coefficient (Wildman–Crippen LogP) is 4.16. The highest BCUT2D eigenvalue weighted by Gasteiger charge is 2.14. The Morgan fingerprint density at radius 2 is 1.97 bits per heavy atom. The molecule has 3 aromatic heterocycles. The number of amides is 1. The van der Waals surface area contributed by atoms with Gasteiger partial charge in [0.2, 0.25) is 5.91 Å². The molecule has 0 atom stereocenters. The van der Waals surface area contributed by atoms with Crippen LogP contribution >= 0.6 is 22.7 Å². The van der Waals surface area contributed by atoms with Gasteiger partial charge in [-0.25, -0.2) is 9.67 Å². The van der Waals surface area contributed by atoms with Crippen LogP contribution in [0.4, 0.5) is 0 Å². The standard InChI is InChI=1S/C24H24N4O3S2/c1-3-31-18-8-6-17(7-9-18)15-21(29)25-12-13-28-22(30)11-10-19(27-28)23-16(2)26-24(33-23)20-5-4-14-32-20/h4-11,14H,3,12-13,15H2,1-2H3,(H,25,29). The summed E-state index contributed by atoms with van der Waals surface area (Å²) in [4.78, 5) is 31.3. The molecule has 1 amide bonds. The molecule has 0 saturated heterocycles. The Morgan fingerprint density at radius 1 is 1.15 bits per heavy atom. The van der Waals surface area contributed by atoms with Gasteiger partial charge in [-0.2, -0.15) is 5.10 Å². The van der Waals surface area contributed by atoms with Crippen molar-refractivity contribution in [2.75, 3.05) is 13.2 Å². The van der Waals surface area contributed by atoms with Crippen molar-refractivity contribution in [3.05, 3.63) is 75.5 Å². The highest BCUT2D eigenvalue weighted by atomic mass is 32.1. The summed E-state index contributed by atoms with van der Waals surface area (Å²) in [5.74, 6) is 0.674. The predicted molar refractivity (Wildman–Crippen MR) is 132 cm³/mol. The summed E-state index contributed by atoms with van der Waals surface area (Å²) in [6, 6.07) is 14.7. The second-order valence-electron chi connectivity index (χ2n) is 7.29. The van der Waals surface area contributed by atoms with Crippen LogP contribution in [0.3, 0.4) is 0 Å². The van der Waals surface area contributed by atoms with Gasteiger partial charge in [0.05, 0.1) is 35.0 Å². The minimum Gasteiger partial charge on any atom is -0.494 e. The van der Waals surface area contributed by atoms with Crippen molar-refractivity contribution in [3.8, 4) is 26.2 Å². The molecule has 0 aliphatic rings. The molecule has 170 valence electrons. The van der Waals surface area contributed by atoms with Gasteiger partial charge in [-0.1, -0.05) is 18.2 Å². The highest BCUT2D eigenvalue weighted by Crippen LogP contribution is 2.35. The summed E-state index contributed by atoms with van der Waals surface area (Å²) in [7, 11) is 0. The maximum atomic E-state index is 12.3. The molecule has 0 spiro atoms. The van der Waals surface area contributed by atoms with E-state index in [1.165, 1.54) is 10.7 Å². The van der Waals surface area contributed by atoms with Gasteiger partial charge in [0.25, 0.3) is 5.56 Å². The van der Waals surface area contributed by atoms with E-state index in [4.69, 9.17) is 4.74 Å². The van der Waals surface area contributed by atoms with E-state index in [1.807, 2.05) is 55.6 Å². The van der Waals surface area contributed by atoms with Crippen molar-refractivity contribution in [2.45, 2.75) is 26.8 Å². The van der Waals surface area contributed by atoms with Crippen molar-refractivity contribution in [1.82, 2.24) is 20.1 Å². The Kier molecular flexibility index (Phi) is 7.31. The van der Waals surface area contributed by atoms with E-state index in [2.05, 4.69) is 15.4 Å². The summed E-state index contributed by atoms with van der Waals surface area (Å²) < 4.78 is 6.80. The number of ether oxygens (including phenoxy) is 1. The molecule has 0 aliphatic heterocycles. The first-order chi connectivity index (χ1) is 16.0. The van der Waals surface area contributed by atoms with E-state index in [1.54, 1.807) is 28.7 Å². The zero-order chi connectivity index (χ0) is 23.2. The molecular weight excluding hydrogens is 456 g/mol. The highest BCUT2D eigenvalue weighted by molar-refractivity contribution is 7.23. The quantitative estimate of drug-likeness (QED) is 0.389. The van der Waals surface area contributed by atoms with Crippen LogP contribution < -0.4 is 15.6 Å². The topological polar surface area (TPSA) is 86.1 Å². The molecule has 4 rings (SSSR count). The fourth-order valence-electron chi connectivity index (χ4n) is 3.29. The van der Waals surface area contributed by atoms with Gasteiger partial charge in [0, 0.05) is 12.6 Å². The lowest BCUT2D eigenvalue weighted by molar-refractivity contribution is -0.120. The molecule has 33 heavy (non-hydrogen) atoms. The Morgan fingerprint density at radius 3 is 2.70 bits per heavy atom. The Bertz CT molecular complexity index is 1280. The van der Waals surface area contributed by atoms with Crippen LogP contribution in [-0.4, -0.2) is 33.8 Å². The number of rotatable bonds is 9. The Hall–Kier alpha value is -3.30. The summed E-state index contributed by atoms with van der Waals surface area (Å²) in [6.07, 6.45) is 0.264. The first-order valence-corrected chi connectivity index (χ1v) is 12.3. The number of benzene rings is 1. The molecule has 0 bridgehead atoms. The minimum atomic E-state index is -0.208. The molecule has 3 heterocycles. The zero-order valence-corrected chi connectivity index (χ0v) is 20.0. The van der Waals surface area contributed by atoms with Crippen molar-refractivity contribution >= 4 is 28.6 Å². The summed E-state index contributed by atoms with van der Waals surface area (Å²) in [5.41, 5.74) is 2.27. The van der Waals surface area contributed by atoms with Crippen LogP contribution in [0.15, 0.2) is 58.7 Å². The van der Waals surface area contributed by atoms with Gasteiger partial charge < -0.3 is 10.1 Å². The molecule has 0 aliphatic carbocycles. The molecule has 9 heteroatoms. The molecule has 0 radical (unpaired) electrons. The summed E-state index contributed by atoms with van der Waals surface area (Å²) in [6.45, 7) is 5.08. The number of carbonyl (C=O) groups is 1. The van der Waals surface area contributed by atoms with Crippen molar-refractivity contribution in [1.29, 1.82) is 0 Å². The maximum absolute atomic E-state index is 12.3. The third kappa shape index (κ3) is 5.74. The summed E-state index contributed by atoms with van der Waals surface area (Å²) >= 11 is 3.20. The van der Waals surface area contributed by atoms with Crippen LogP contribution in [0.25, 0.3) is 20.5 Å². The second kappa shape index (κ2) is 10.5. The number of thiophene rings is 1. The van der Waals surface area contributed by atoms with Crippen LogP contribution in [0.5, 0.6) is 5.75 Å². The SMILES string of the molecule is CCOc1ccc(CC(=O)NCCn2nc(-c3sc(-c4cccs4)nc3C)ccc2=O)cc1. The van der Waals surface area contributed by atoms with Gasteiger partial charge in [-0.05, 0) is 49.1 Å². The van der Waals surface area contributed by atoms with Gasteiger partial charge in [-0.15, -0.1) is 22.7 Å². The monoisotopic (exact) mass is 480 g/mol.